The number of nitrogens with zero attached hydrogens (tertiary/aromatic N) is 1. The van der Waals surface area contributed by atoms with Crippen LogP contribution in [0, 0.1) is 0 Å². The molecule has 0 bridgehead atoms. The largest absolute Gasteiger partial charge is 0.381 e. The van der Waals surface area contributed by atoms with Crippen LogP contribution in [0.15, 0.2) is 48.5 Å². The van der Waals surface area contributed by atoms with Crippen molar-refractivity contribution in [1.29, 1.82) is 0 Å². The van der Waals surface area contributed by atoms with E-state index < -0.39 is 6.03 Å². The topological polar surface area (TPSA) is 70.4 Å². The number of nitrogens with one attached hydrogen (secondary N) is 2. The highest BCUT2D eigenvalue weighted by atomic mass is 16.2. The van der Waals surface area contributed by atoms with Crippen LogP contribution >= 0.6 is 0 Å². The summed E-state index contributed by atoms with van der Waals surface area (Å²) in [4.78, 5) is 12.9. The van der Waals surface area contributed by atoms with E-state index in [1.165, 1.54) is 11.3 Å². The molecule has 0 atom stereocenters. The van der Waals surface area contributed by atoms with Gasteiger partial charge in [-0.1, -0.05) is 18.2 Å². The number of hydrogen-bond acceptors (Lipinski definition) is 3. The fourth-order valence-corrected chi connectivity index (χ4v) is 1.97. The number of urea groups is 1. The fourth-order valence-electron chi connectivity index (χ4n) is 1.97. The lowest BCUT2D eigenvalue weighted by molar-refractivity contribution is 0.259. The van der Waals surface area contributed by atoms with Crippen LogP contribution in [-0.2, 0) is 6.54 Å². The van der Waals surface area contributed by atoms with Gasteiger partial charge in [0, 0.05) is 37.7 Å². The van der Waals surface area contributed by atoms with Gasteiger partial charge in [-0.05, 0) is 35.9 Å². The highest BCUT2D eigenvalue weighted by Gasteiger charge is 1.99. The van der Waals surface area contributed by atoms with E-state index in [1.807, 2.05) is 32.3 Å². The maximum Gasteiger partial charge on any atom is 0.316 e. The van der Waals surface area contributed by atoms with Gasteiger partial charge in [-0.2, -0.15) is 0 Å². The first-order chi connectivity index (χ1) is 10.0. The molecule has 0 spiro atoms. The average molecular weight is 284 g/mol. The van der Waals surface area contributed by atoms with E-state index in [9.17, 15) is 4.79 Å². The molecule has 2 rings (SSSR count). The van der Waals surface area contributed by atoms with Crippen molar-refractivity contribution in [3.8, 4) is 0 Å². The highest BCUT2D eigenvalue weighted by Crippen LogP contribution is 2.17. The minimum Gasteiger partial charge on any atom is -0.381 e. The molecule has 0 heterocycles. The van der Waals surface area contributed by atoms with Gasteiger partial charge < -0.3 is 21.3 Å². The van der Waals surface area contributed by atoms with Crippen molar-refractivity contribution in [2.75, 3.05) is 29.6 Å². The minimum atomic E-state index is -0.563. The molecule has 0 aliphatic rings. The van der Waals surface area contributed by atoms with Crippen LogP contribution in [0.5, 0.6) is 0 Å². The number of benzene rings is 2. The van der Waals surface area contributed by atoms with Crippen LogP contribution < -0.4 is 21.3 Å². The molecule has 0 aliphatic carbocycles. The van der Waals surface area contributed by atoms with Gasteiger partial charge in [0.05, 0.1) is 0 Å². The molecule has 0 aliphatic heterocycles. The number of carbonyl (C=O) groups excluding carboxylic acids is 1. The number of hydrogen-bond donors (Lipinski definition) is 3. The summed E-state index contributed by atoms with van der Waals surface area (Å²) in [7, 11) is 4.04. The summed E-state index contributed by atoms with van der Waals surface area (Å²) < 4.78 is 0. The van der Waals surface area contributed by atoms with Crippen LogP contribution in [0.3, 0.4) is 0 Å². The molecule has 21 heavy (non-hydrogen) atoms. The molecule has 0 saturated heterocycles. The molecule has 0 fully saturated rings. The lowest BCUT2D eigenvalue weighted by Crippen LogP contribution is -2.19. The fraction of sp³-hybridized carbons (Fsp3) is 0.188. The lowest BCUT2D eigenvalue weighted by Gasteiger charge is -2.13. The second-order valence-electron chi connectivity index (χ2n) is 4.98. The van der Waals surface area contributed by atoms with Crippen LogP contribution in [0.25, 0.3) is 0 Å². The Bertz CT molecular complexity index is 608. The van der Waals surface area contributed by atoms with E-state index in [2.05, 4.69) is 39.8 Å². The number of anilines is 3. The Hall–Kier alpha value is -2.69. The van der Waals surface area contributed by atoms with E-state index >= 15 is 0 Å². The summed E-state index contributed by atoms with van der Waals surface area (Å²) in [5.74, 6) is 0. The Kier molecular flexibility index (Phi) is 4.66. The van der Waals surface area contributed by atoms with E-state index in [0.29, 0.717) is 12.2 Å². The second-order valence-corrected chi connectivity index (χ2v) is 4.98. The second kappa shape index (κ2) is 6.65. The molecule has 5 heteroatoms. The third kappa shape index (κ3) is 4.42. The molecule has 5 nitrogen and oxygen atoms in total. The van der Waals surface area contributed by atoms with Crippen molar-refractivity contribution in [3.63, 3.8) is 0 Å². The van der Waals surface area contributed by atoms with Crippen molar-refractivity contribution in [3.05, 3.63) is 54.1 Å². The molecule has 2 aromatic rings. The van der Waals surface area contributed by atoms with Gasteiger partial charge in [-0.25, -0.2) is 4.79 Å². The van der Waals surface area contributed by atoms with Crippen LogP contribution in [-0.4, -0.2) is 20.1 Å². The summed E-state index contributed by atoms with van der Waals surface area (Å²) >= 11 is 0. The zero-order valence-electron chi connectivity index (χ0n) is 12.3. The number of primary amides is 1. The summed E-state index contributed by atoms with van der Waals surface area (Å²) in [6, 6.07) is 15.2. The number of carbonyl (C=O) groups is 1. The normalized spacial score (nSPS) is 10.0. The molecule has 0 saturated carbocycles. The standard InChI is InChI=1S/C16H20N4O/c1-20(2)15-8-6-12(7-9-15)11-18-13-4-3-5-14(10-13)19-16(17)21/h3-10,18H,11H2,1-2H3,(H3,17,19,21). The first kappa shape index (κ1) is 14.7. The van der Waals surface area contributed by atoms with Gasteiger partial charge in [-0.3, -0.25) is 0 Å². The Morgan fingerprint density at radius 3 is 2.38 bits per heavy atom. The third-order valence-corrected chi connectivity index (χ3v) is 3.08. The smallest absolute Gasteiger partial charge is 0.316 e. The molecule has 0 unspecified atom stereocenters. The first-order valence-electron chi connectivity index (χ1n) is 6.71. The summed E-state index contributed by atoms with van der Waals surface area (Å²) in [5.41, 5.74) is 9.07. The maximum absolute atomic E-state index is 10.8. The number of amides is 2. The maximum atomic E-state index is 10.8. The molecule has 0 radical (unpaired) electrons. The number of rotatable bonds is 5. The molecular formula is C16H20N4O. The van der Waals surface area contributed by atoms with Crippen molar-refractivity contribution in [1.82, 2.24) is 0 Å². The molecule has 2 amide bonds. The van der Waals surface area contributed by atoms with Gasteiger partial charge in [0.2, 0.25) is 0 Å². The molecule has 4 N–H and O–H groups in total. The van der Waals surface area contributed by atoms with Gasteiger partial charge in [0.15, 0.2) is 0 Å². The Balaban J connectivity index is 1.97. The zero-order chi connectivity index (χ0) is 15.2. The van der Waals surface area contributed by atoms with Crippen LogP contribution in [0.4, 0.5) is 21.9 Å². The predicted molar refractivity (Wildman–Crippen MR) is 87.7 cm³/mol. The molecule has 2 aromatic carbocycles. The van der Waals surface area contributed by atoms with Crippen molar-refractivity contribution in [2.45, 2.75) is 6.54 Å². The van der Waals surface area contributed by atoms with E-state index in [-0.39, 0.29) is 0 Å². The summed E-state index contributed by atoms with van der Waals surface area (Å²) in [6.07, 6.45) is 0. The number of nitrogens with two attached hydrogens (primary N) is 1. The van der Waals surface area contributed by atoms with Crippen molar-refractivity contribution < 1.29 is 4.79 Å². The average Bonchev–Trinajstić information content (AvgIpc) is 2.45. The van der Waals surface area contributed by atoms with Gasteiger partial charge in [0.1, 0.15) is 0 Å². The van der Waals surface area contributed by atoms with Crippen LogP contribution in [0.1, 0.15) is 5.56 Å². The van der Waals surface area contributed by atoms with E-state index in [0.717, 1.165) is 5.69 Å². The van der Waals surface area contributed by atoms with Gasteiger partial charge >= 0.3 is 6.03 Å². The third-order valence-electron chi connectivity index (χ3n) is 3.08. The van der Waals surface area contributed by atoms with Crippen molar-refractivity contribution >= 4 is 23.1 Å². The van der Waals surface area contributed by atoms with Gasteiger partial charge in [-0.15, -0.1) is 0 Å². The van der Waals surface area contributed by atoms with Crippen molar-refractivity contribution in [2.24, 2.45) is 5.73 Å². The highest BCUT2D eigenvalue weighted by molar-refractivity contribution is 5.88. The van der Waals surface area contributed by atoms with Gasteiger partial charge in [0.25, 0.3) is 0 Å². The molecule has 110 valence electrons. The summed E-state index contributed by atoms with van der Waals surface area (Å²) in [6.45, 7) is 0.716. The monoisotopic (exact) mass is 284 g/mol. The predicted octanol–water partition coefficient (Wildman–Crippen LogP) is 2.86. The summed E-state index contributed by atoms with van der Waals surface area (Å²) in [5, 5.41) is 5.87. The first-order valence-corrected chi connectivity index (χ1v) is 6.71. The Labute approximate surface area is 124 Å². The van der Waals surface area contributed by atoms with E-state index in [4.69, 9.17) is 5.73 Å². The van der Waals surface area contributed by atoms with Crippen LogP contribution in [0.2, 0.25) is 0 Å². The Morgan fingerprint density at radius 2 is 1.76 bits per heavy atom. The molecule has 0 aromatic heterocycles. The quantitative estimate of drug-likeness (QED) is 0.790. The molecular weight excluding hydrogens is 264 g/mol. The zero-order valence-corrected chi connectivity index (χ0v) is 12.3. The minimum absolute atomic E-state index is 0.563. The lowest BCUT2D eigenvalue weighted by atomic mass is 10.2. The Morgan fingerprint density at radius 1 is 1.10 bits per heavy atom. The SMILES string of the molecule is CN(C)c1ccc(CNc2cccc(NC(N)=O)c2)cc1. The van der Waals surface area contributed by atoms with E-state index in [1.54, 1.807) is 6.07 Å².